The Balaban J connectivity index is 1.53. The summed E-state index contributed by atoms with van der Waals surface area (Å²) in [6, 6.07) is 20.1. The van der Waals surface area contributed by atoms with Crippen molar-refractivity contribution in [2.24, 2.45) is 0 Å². The van der Waals surface area contributed by atoms with Crippen LogP contribution in [-0.2, 0) is 0 Å². The van der Waals surface area contributed by atoms with Gasteiger partial charge in [-0.3, -0.25) is 10.1 Å². The maximum atomic E-state index is 5.77. The molecule has 0 fully saturated rings. The number of furan rings is 1. The van der Waals surface area contributed by atoms with Crippen molar-refractivity contribution < 1.29 is 4.42 Å². The summed E-state index contributed by atoms with van der Waals surface area (Å²) in [7, 11) is 0. The van der Waals surface area contributed by atoms with E-state index >= 15 is 0 Å². The summed E-state index contributed by atoms with van der Waals surface area (Å²) < 4.78 is 5.77. The van der Waals surface area contributed by atoms with Crippen LogP contribution in [0.25, 0.3) is 33.1 Å². The summed E-state index contributed by atoms with van der Waals surface area (Å²) in [5.41, 5.74) is 5.68. The van der Waals surface area contributed by atoms with Crippen molar-refractivity contribution in [3.63, 3.8) is 0 Å². The van der Waals surface area contributed by atoms with Crippen LogP contribution in [0.1, 0.15) is 0 Å². The van der Waals surface area contributed by atoms with Crippen molar-refractivity contribution in [1.82, 2.24) is 15.2 Å². The van der Waals surface area contributed by atoms with E-state index in [9.17, 15) is 0 Å². The van der Waals surface area contributed by atoms with E-state index < -0.39 is 0 Å². The lowest BCUT2D eigenvalue weighted by atomic mass is 10.0. The van der Waals surface area contributed by atoms with E-state index in [1.54, 1.807) is 12.5 Å². The van der Waals surface area contributed by atoms with Gasteiger partial charge in [-0.25, -0.2) is 0 Å². The first-order valence-corrected chi connectivity index (χ1v) is 8.01. The molecule has 0 bridgehead atoms. The molecule has 25 heavy (non-hydrogen) atoms. The molecular weight excluding hydrogens is 312 g/mol. The maximum absolute atomic E-state index is 5.77. The van der Waals surface area contributed by atoms with Crippen LogP contribution >= 0.6 is 0 Å². The molecule has 0 radical (unpaired) electrons. The smallest absolute Gasteiger partial charge is 0.178 e. The van der Waals surface area contributed by atoms with Crippen molar-refractivity contribution in [3.05, 3.63) is 73.1 Å². The normalized spacial score (nSPS) is 11.2. The van der Waals surface area contributed by atoms with Gasteiger partial charge in [0.25, 0.3) is 0 Å². The number of hydrogen-bond donors (Lipinski definition) is 2. The highest BCUT2D eigenvalue weighted by Gasteiger charge is 2.10. The summed E-state index contributed by atoms with van der Waals surface area (Å²) in [5.74, 6) is 0.699. The second kappa shape index (κ2) is 5.49. The Morgan fingerprint density at radius 3 is 2.80 bits per heavy atom. The van der Waals surface area contributed by atoms with Gasteiger partial charge in [-0.1, -0.05) is 30.3 Å². The summed E-state index contributed by atoms with van der Waals surface area (Å²) in [6.07, 6.45) is 3.56. The summed E-state index contributed by atoms with van der Waals surface area (Å²) >= 11 is 0. The Morgan fingerprint density at radius 2 is 1.88 bits per heavy atom. The van der Waals surface area contributed by atoms with Crippen molar-refractivity contribution >= 4 is 33.5 Å². The van der Waals surface area contributed by atoms with Gasteiger partial charge in [0.05, 0.1) is 11.8 Å². The van der Waals surface area contributed by atoms with E-state index in [0.717, 1.165) is 38.8 Å². The van der Waals surface area contributed by atoms with Crippen LogP contribution in [0.2, 0.25) is 0 Å². The lowest BCUT2D eigenvalue weighted by molar-refractivity contribution is 0.617. The Morgan fingerprint density at radius 1 is 0.960 bits per heavy atom. The predicted octanol–water partition coefficient (Wildman–Crippen LogP) is 5.11. The molecule has 0 spiro atoms. The molecule has 5 aromatic rings. The zero-order chi connectivity index (χ0) is 16.6. The highest BCUT2D eigenvalue weighted by molar-refractivity contribution is 5.96. The maximum Gasteiger partial charge on any atom is 0.178 e. The molecule has 5 rings (SSSR count). The fourth-order valence-electron chi connectivity index (χ4n) is 3.02. The van der Waals surface area contributed by atoms with E-state index in [0.29, 0.717) is 5.82 Å². The number of benzene rings is 2. The number of rotatable bonds is 3. The van der Waals surface area contributed by atoms with Crippen LogP contribution in [0, 0.1) is 0 Å². The first kappa shape index (κ1) is 13.8. The quantitative estimate of drug-likeness (QED) is 0.483. The van der Waals surface area contributed by atoms with Gasteiger partial charge in [0.2, 0.25) is 0 Å². The average molecular weight is 326 g/mol. The minimum absolute atomic E-state index is 0.699. The number of aromatic nitrogens is 3. The SMILES string of the molecule is c1ccc(-c2coc3cc(Nc4n[nH]c5cccnc45)ccc23)cc1. The van der Waals surface area contributed by atoms with Crippen LogP contribution in [0.3, 0.4) is 0 Å². The molecule has 2 aromatic carbocycles. The van der Waals surface area contributed by atoms with Crippen molar-refractivity contribution in [3.8, 4) is 11.1 Å². The number of fused-ring (bicyclic) bond motifs is 2. The van der Waals surface area contributed by atoms with E-state index in [2.05, 4.69) is 38.7 Å². The van der Waals surface area contributed by atoms with Crippen LogP contribution in [0.15, 0.2) is 77.5 Å². The molecule has 5 nitrogen and oxygen atoms in total. The minimum Gasteiger partial charge on any atom is -0.464 e. The van der Waals surface area contributed by atoms with Crippen LogP contribution in [0.5, 0.6) is 0 Å². The number of aromatic amines is 1. The molecule has 0 aliphatic heterocycles. The fourth-order valence-corrected chi connectivity index (χ4v) is 3.02. The predicted molar refractivity (Wildman–Crippen MR) is 98.8 cm³/mol. The molecule has 0 aliphatic rings. The highest BCUT2D eigenvalue weighted by atomic mass is 16.3. The molecule has 5 heteroatoms. The molecular formula is C20H14N4O. The lowest BCUT2D eigenvalue weighted by Gasteiger charge is -2.03. The van der Waals surface area contributed by atoms with Gasteiger partial charge in [-0.2, -0.15) is 5.10 Å². The van der Waals surface area contributed by atoms with Crippen LogP contribution < -0.4 is 5.32 Å². The average Bonchev–Trinajstić information content (AvgIpc) is 3.27. The molecule has 120 valence electrons. The van der Waals surface area contributed by atoms with Gasteiger partial charge < -0.3 is 9.73 Å². The lowest BCUT2D eigenvalue weighted by Crippen LogP contribution is -1.91. The summed E-state index contributed by atoms with van der Waals surface area (Å²) in [4.78, 5) is 4.36. The van der Waals surface area contributed by atoms with Crippen molar-refractivity contribution in [2.45, 2.75) is 0 Å². The first-order chi connectivity index (χ1) is 12.4. The summed E-state index contributed by atoms with van der Waals surface area (Å²) in [6.45, 7) is 0. The second-order valence-corrected chi connectivity index (χ2v) is 5.82. The number of hydrogen-bond acceptors (Lipinski definition) is 4. The van der Waals surface area contributed by atoms with Gasteiger partial charge in [0.15, 0.2) is 5.82 Å². The second-order valence-electron chi connectivity index (χ2n) is 5.82. The Bertz CT molecular complexity index is 1170. The molecule has 0 saturated heterocycles. The van der Waals surface area contributed by atoms with E-state index in [4.69, 9.17) is 4.42 Å². The molecule has 0 aliphatic carbocycles. The summed E-state index contributed by atoms with van der Waals surface area (Å²) in [5, 5.41) is 11.7. The Labute approximate surface area is 143 Å². The monoisotopic (exact) mass is 326 g/mol. The van der Waals surface area contributed by atoms with Gasteiger partial charge in [-0.05, 0) is 29.8 Å². The largest absolute Gasteiger partial charge is 0.464 e. The Hall–Kier alpha value is -3.60. The molecule has 2 N–H and O–H groups in total. The van der Waals surface area contributed by atoms with Gasteiger partial charge in [0, 0.05) is 28.9 Å². The highest BCUT2D eigenvalue weighted by Crippen LogP contribution is 2.33. The molecule has 0 unspecified atom stereocenters. The standard InChI is InChI=1S/C20H14N4O/c1-2-5-13(6-3-1)16-12-25-18-11-14(8-9-15(16)18)22-20-19-17(23-24-20)7-4-10-21-19/h1-12H,(H2,22,23,24). The van der Waals surface area contributed by atoms with Gasteiger partial charge >= 0.3 is 0 Å². The molecule has 0 atom stereocenters. The van der Waals surface area contributed by atoms with E-state index in [-0.39, 0.29) is 0 Å². The topological polar surface area (TPSA) is 66.7 Å². The van der Waals surface area contributed by atoms with Crippen molar-refractivity contribution in [2.75, 3.05) is 5.32 Å². The van der Waals surface area contributed by atoms with E-state index in [1.807, 2.05) is 42.5 Å². The molecule has 0 saturated carbocycles. The molecule has 3 aromatic heterocycles. The van der Waals surface area contributed by atoms with Gasteiger partial charge in [-0.15, -0.1) is 0 Å². The first-order valence-electron chi connectivity index (χ1n) is 8.01. The molecule has 0 amide bonds. The zero-order valence-corrected chi connectivity index (χ0v) is 13.2. The van der Waals surface area contributed by atoms with Gasteiger partial charge in [0.1, 0.15) is 11.1 Å². The number of anilines is 2. The van der Waals surface area contributed by atoms with Crippen LogP contribution in [0.4, 0.5) is 11.5 Å². The third-order valence-electron chi connectivity index (χ3n) is 4.24. The fraction of sp³-hybridized carbons (Fsp3) is 0. The molecule has 3 heterocycles. The zero-order valence-electron chi connectivity index (χ0n) is 13.2. The number of H-pyrrole nitrogens is 1. The Kier molecular flexibility index (Phi) is 3.03. The minimum atomic E-state index is 0.699. The number of pyridine rings is 1. The van der Waals surface area contributed by atoms with Crippen molar-refractivity contribution in [1.29, 1.82) is 0 Å². The number of nitrogens with one attached hydrogen (secondary N) is 2. The van der Waals surface area contributed by atoms with Crippen LogP contribution in [-0.4, -0.2) is 15.2 Å². The van der Waals surface area contributed by atoms with E-state index in [1.165, 1.54) is 0 Å². The third kappa shape index (κ3) is 2.33. The third-order valence-corrected chi connectivity index (χ3v) is 4.24. The number of nitrogens with zero attached hydrogens (tertiary/aromatic N) is 2.